The minimum atomic E-state index is -0.148. The molecule has 2 aromatic heterocycles. The summed E-state index contributed by atoms with van der Waals surface area (Å²) >= 11 is 0. The number of hydrogen-bond acceptors (Lipinski definition) is 3. The van der Waals surface area contributed by atoms with E-state index in [1.54, 1.807) is 0 Å². The Morgan fingerprint density at radius 3 is 2.78 bits per heavy atom. The standard InChI is InChI=1S/C13H12N4O/c14-7-10-8-15-12-6-11(16-17(12)13(10)18)9-4-2-1-3-5-9/h1-6,8,16H,7,14H2. The number of benzene rings is 1. The molecule has 0 bridgehead atoms. The van der Waals surface area contributed by atoms with Crippen LogP contribution in [0.2, 0.25) is 0 Å². The van der Waals surface area contributed by atoms with Gasteiger partial charge in [-0.15, -0.1) is 0 Å². The maximum absolute atomic E-state index is 12.0. The lowest BCUT2D eigenvalue weighted by Crippen LogP contribution is -2.21. The molecule has 0 amide bonds. The number of hydrogen-bond donors (Lipinski definition) is 2. The zero-order valence-electron chi connectivity index (χ0n) is 9.63. The van der Waals surface area contributed by atoms with Gasteiger partial charge in [-0.1, -0.05) is 30.3 Å². The summed E-state index contributed by atoms with van der Waals surface area (Å²) in [7, 11) is 0. The third kappa shape index (κ3) is 1.61. The summed E-state index contributed by atoms with van der Waals surface area (Å²) in [6.07, 6.45) is 1.53. The summed E-state index contributed by atoms with van der Waals surface area (Å²) in [5.41, 5.74) is 8.30. The SMILES string of the molecule is NCc1cnc2cc(-c3ccccc3)[nH]n2c1=O. The van der Waals surface area contributed by atoms with Gasteiger partial charge in [-0.2, -0.15) is 0 Å². The van der Waals surface area contributed by atoms with E-state index in [-0.39, 0.29) is 12.1 Å². The molecule has 1 aromatic carbocycles. The first-order chi connectivity index (χ1) is 8.79. The Hall–Kier alpha value is -2.40. The highest BCUT2D eigenvalue weighted by Crippen LogP contribution is 2.17. The zero-order valence-corrected chi connectivity index (χ0v) is 9.63. The maximum atomic E-state index is 12.0. The van der Waals surface area contributed by atoms with Gasteiger partial charge in [0.15, 0.2) is 5.65 Å². The lowest BCUT2D eigenvalue weighted by Gasteiger charge is -1.97. The summed E-state index contributed by atoms with van der Waals surface area (Å²) in [6, 6.07) is 11.6. The van der Waals surface area contributed by atoms with Gasteiger partial charge >= 0.3 is 0 Å². The van der Waals surface area contributed by atoms with Crippen molar-refractivity contribution < 1.29 is 0 Å². The van der Waals surface area contributed by atoms with E-state index in [1.165, 1.54) is 10.7 Å². The van der Waals surface area contributed by atoms with Crippen molar-refractivity contribution in [1.29, 1.82) is 0 Å². The highest BCUT2D eigenvalue weighted by molar-refractivity contribution is 5.63. The van der Waals surface area contributed by atoms with E-state index in [9.17, 15) is 4.79 Å². The maximum Gasteiger partial charge on any atom is 0.277 e. The van der Waals surface area contributed by atoms with Crippen LogP contribution in [0.5, 0.6) is 0 Å². The van der Waals surface area contributed by atoms with Crippen LogP contribution in [-0.4, -0.2) is 14.6 Å². The number of aromatic nitrogens is 3. The normalized spacial score (nSPS) is 10.9. The van der Waals surface area contributed by atoms with Gasteiger partial charge in [-0.05, 0) is 5.56 Å². The van der Waals surface area contributed by atoms with Gasteiger partial charge in [-0.3, -0.25) is 9.89 Å². The predicted molar refractivity (Wildman–Crippen MR) is 69.1 cm³/mol. The van der Waals surface area contributed by atoms with E-state index >= 15 is 0 Å². The number of nitrogens with one attached hydrogen (secondary N) is 1. The molecular formula is C13H12N4O. The van der Waals surface area contributed by atoms with Crippen LogP contribution in [0.3, 0.4) is 0 Å². The zero-order chi connectivity index (χ0) is 12.5. The molecular weight excluding hydrogens is 228 g/mol. The Morgan fingerprint density at radius 1 is 1.28 bits per heavy atom. The van der Waals surface area contributed by atoms with Gasteiger partial charge in [0.05, 0.1) is 11.3 Å². The van der Waals surface area contributed by atoms with Crippen LogP contribution in [-0.2, 0) is 6.54 Å². The quantitative estimate of drug-likeness (QED) is 0.705. The van der Waals surface area contributed by atoms with Crippen molar-refractivity contribution in [2.75, 3.05) is 0 Å². The number of H-pyrrole nitrogens is 1. The molecule has 3 aromatic rings. The van der Waals surface area contributed by atoms with E-state index in [0.29, 0.717) is 11.2 Å². The molecule has 2 heterocycles. The third-order valence-corrected chi connectivity index (χ3v) is 2.87. The van der Waals surface area contributed by atoms with Gasteiger partial charge in [-0.25, -0.2) is 9.50 Å². The fraction of sp³-hybridized carbons (Fsp3) is 0.0769. The van der Waals surface area contributed by atoms with Crippen LogP contribution >= 0.6 is 0 Å². The smallest absolute Gasteiger partial charge is 0.277 e. The lowest BCUT2D eigenvalue weighted by molar-refractivity contribution is 0.863. The van der Waals surface area contributed by atoms with E-state index in [2.05, 4.69) is 10.1 Å². The van der Waals surface area contributed by atoms with E-state index in [4.69, 9.17) is 5.73 Å². The molecule has 0 aliphatic heterocycles. The number of nitrogens with zero attached hydrogens (tertiary/aromatic N) is 2. The Morgan fingerprint density at radius 2 is 2.06 bits per heavy atom. The summed E-state index contributed by atoms with van der Waals surface area (Å²) in [5.74, 6) is 0. The number of aromatic amines is 1. The van der Waals surface area contributed by atoms with Crippen molar-refractivity contribution in [2.24, 2.45) is 5.73 Å². The van der Waals surface area contributed by atoms with Gasteiger partial charge in [0.2, 0.25) is 0 Å². The average Bonchev–Trinajstić information content (AvgIpc) is 2.85. The largest absolute Gasteiger partial charge is 0.326 e. The first kappa shape index (κ1) is 10.7. The fourth-order valence-electron chi connectivity index (χ4n) is 1.90. The molecule has 5 nitrogen and oxygen atoms in total. The molecule has 5 heteroatoms. The lowest BCUT2D eigenvalue weighted by atomic mass is 10.2. The third-order valence-electron chi connectivity index (χ3n) is 2.87. The molecule has 3 N–H and O–H groups in total. The van der Waals surface area contributed by atoms with Crippen LogP contribution < -0.4 is 11.3 Å². The predicted octanol–water partition coefficient (Wildman–Crippen LogP) is 1.15. The molecule has 0 spiro atoms. The Labute approximate surface area is 103 Å². The number of nitrogens with two attached hydrogens (primary N) is 1. The summed E-state index contributed by atoms with van der Waals surface area (Å²) in [5, 5.41) is 3.04. The highest BCUT2D eigenvalue weighted by atomic mass is 16.1. The molecule has 3 rings (SSSR count). The van der Waals surface area contributed by atoms with Crippen molar-refractivity contribution in [3.63, 3.8) is 0 Å². The van der Waals surface area contributed by atoms with Gasteiger partial charge in [0.25, 0.3) is 5.56 Å². The Balaban J connectivity index is 2.24. The minimum absolute atomic E-state index is 0.148. The molecule has 0 atom stereocenters. The van der Waals surface area contributed by atoms with Crippen molar-refractivity contribution in [3.8, 4) is 11.3 Å². The first-order valence-electron chi connectivity index (χ1n) is 5.65. The molecule has 0 fully saturated rings. The van der Waals surface area contributed by atoms with Crippen LogP contribution in [0.4, 0.5) is 0 Å². The first-order valence-corrected chi connectivity index (χ1v) is 5.65. The van der Waals surface area contributed by atoms with Gasteiger partial charge < -0.3 is 5.73 Å². The summed E-state index contributed by atoms with van der Waals surface area (Å²) in [6.45, 7) is 0.189. The van der Waals surface area contributed by atoms with Crippen molar-refractivity contribution in [2.45, 2.75) is 6.54 Å². The monoisotopic (exact) mass is 240 g/mol. The Bertz CT molecular complexity index is 743. The molecule has 0 saturated heterocycles. The second-order valence-corrected chi connectivity index (χ2v) is 4.02. The molecule has 0 saturated carbocycles. The van der Waals surface area contributed by atoms with E-state index in [0.717, 1.165) is 11.3 Å². The van der Waals surface area contributed by atoms with Crippen LogP contribution in [0.1, 0.15) is 5.56 Å². The van der Waals surface area contributed by atoms with Crippen LogP contribution in [0.15, 0.2) is 47.4 Å². The number of rotatable bonds is 2. The molecule has 0 aliphatic rings. The molecule has 0 unspecified atom stereocenters. The van der Waals surface area contributed by atoms with E-state index < -0.39 is 0 Å². The molecule has 90 valence electrons. The molecule has 18 heavy (non-hydrogen) atoms. The number of fused-ring (bicyclic) bond motifs is 1. The van der Waals surface area contributed by atoms with Gasteiger partial charge in [0, 0.05) is 18.8 Å². The second-order valence-electron chi connectivity index (χ2n) is 4.02. The molecule has 0 aliphatic carbocycles. The van der Waals surface area contributed by atoms with Crippen molar-refractivity contribution >= 4 is 5.65 Å². The van der Waals surface area contributed by atoms with Crippen LogP contribution in [0.25, 0.3) is 16.9 Å². The summed E-state index contributed by atoms with van der Waals surface area (Å²) in [4.78, 5) is 16.2. The van der Waals surface area contributed by atoms with E-state index in [1.807, 2.05) is 36.4 Å². The minimum Gasteiger partial charge on any atom is -0.326 e. The highest BCUT2D eigenvalue weighted by Gasteiger charge is 2.07. The molecule has 0 radical (unpaired) electrons. The average molecular weight is 240 g/mol. The topological polar surface area (TPSA) is 76.2 Å². The Kier molecular flexibility index (Phi) is 2.46. The van der Waals surface area contributed by atoms with Crippen molar-refractivity contribution in [1.82, 2.24) is 14.6 Å². The van der Waals surface area contributed by atoms with Crippen LogP contribution in [0, 0.1) is 0 Å². The fourth-order valence-corrected chi connectivity index (χ4v) is 1.90. The summed E-state index contributed by atoms with van der Waals surface area (Å²) < 4.78 is 1.42. The second kappa shape index (κ2) is 4.12. The van der Waals surface area contributed by atoms with Gasteiger partial charge in [0.1, 0.15) is 0 Å². The van der Waals surface area contributed by atoms with Crippen molar-refractivity contribution in [3.05, 3.63) is 58.5 Å².